The summed E-state index contributed by atoms with van der Waals surface area (Å²) in [7, 11) is 0. The summed E-state index contributed by atoms with van der Waals surface area (Å²) in [4.78, 5) is 11.7. The number of nitrogens with two attached hydrogens (primary N) is 1. The Morgan fingerprint density at radius 2 is 1.94 bits per heavy atom. The Morgan fingerprint density at radius 3 is 2.44 bits per heavy atom. The first-order valence-corrected chi connectivity index (χ1v) is 6.76. The molecule has 0 aromatic heterocycles. The minimum Gasteiger partial charge on any atom is -0.353 e. The van der Waals surface area contributed by atoms with Crippen molar-refractivity contribution in [2.75, 3.05) is 0 Å². The van der Waals surface area contributed by atoms with Crippen molar-refractivity contribution in [1.29, 1.82) is 0 Å². The maximum absolute atomic E-state index is 11.7. The molecule has 0 saturated heterocycles. The van der Waals surface area contributed by atoms with Crippen molar-refractivity contribution in [3.63, 3.8) is 0 Å². The first-order chi connectivity index (χ1) is 7.70. The van der Waals surface area contributed by atoms with Crippen molar-refractivity contribution in [2.45, 2.75) is 64.0 Å². The van der Waals surface area contributed by atoms with Gasteiger partial charge in [0.2, 0.25) is 5.91 Å². The molecule has 2 saturated carbocycles. The molecule has 2 fully saturated rings. The molecular weight excluding hydrogens is 200 g/mol. The molecule has 0 aliphatic heterocycles. The van der Waals surface area contributed by atoms with Crippen LogP contribution in [-0.4, -0.2) is 18.0 Å². The molecule has 0 aromatic carbocycles. The number of rotatable bonds is 4. The highest BCUT2D eigenvalue weighted by Crippen LogP contribution is 2.30. The lowest BCUT2D eigenvalue weighted by Gasteiger charge is -2.29. The third-order valence-electron chi connectivity index (χ3n) is 4.07. The summed E-state index contributed by atoms with van der Waals surface area (Å²) in [5.74, 6) is 1.22. The van der Waals surface area contributed by atoms with Gasteiger partial charge in [0, 0.05) is 12.1 Å². The average Bonchev–Trinajstić information content (AvgIpc) is 2.99. The third kappa shape index (κ3) is 2.97. The molecule has 2 rings (SSSR count). The zero-order chi connectivity index (χ0) is 11.5. The van der Waals surface area contributed by atoms with E-state index in [1.54, 1.807) is 0 Å². The lowest BCUT2D eigenvalue weighted by Crippen LogP contribution is -2.39. The maximum Gasteiger partial charge on any atom is 0.224 e. The molecule has 3 N–H and O–H groups in total. The van der Waals surface area contributed by atoms with Gasteiger partial charge in [0.15, 0.2) is 0 Å². The average molecular weight is 224 g/mol. The third-order valence-corrected chi connectivity index (χ3v) is 4.07. The topological polar surface area (TPSA) is 55.1 Å². The molecule has 3 nitrogen and oxygen atoms in total. The Morgan fingerprint density at radius 1 is 1.31 bits per heavy atom. The quantitative estimate of drug-likeness (QED) is 0.765. The van der Waals surface area contributed by atoms with Gasteiger partial charge in [-0.2, -0.15) is 0 Å². The number of amides is 1. The Hall–Kier alpha value is -0.570. The van der Waals surface area contributed by atoms with Gasteiger partial charge in [0.1, 0.15) is 0 Å². The molecule has 0 bridgehead atoms. The molecule has 0 spiro atoms. The van der Waals surface area contributed by atoms with E-state index < -0.39 is 0 Å². The summed E-state index contributed by atoms with van der Waals surface area (Å²) in [6.45, 7) is 2.25. The van der Waals surface area contributed by atoms with E-state index in [1.807, 2.05) is 0 Å². The summed E-state index contributed by atoms with van der Waals surface area (Å²) in [5.41, 5.74) is 5.67. The highest BCUT2D eigenvalue weighted by atomic mass is 16.2. The van der Waals surface area contributed by atoms with Gasteiger partial charge in [0.25, 0.3) is 0 Å². The second-order valence-corrected chi connectivity index (χ2v) is 5.52. The molecular formula is C13H24N2O. The van der Waals surface area contributed by atoms with E-state index in [4.69, 9.17) is 5.73 Å². The van der Waals surface area contributed by atoms with E-state index in [0.717, 1.165) is 12.3 Å². The van der Waals surface area contributed by atoms with Crippen LogP contribution in [0.2, 0.25) is 0 Å². The van der Waals surface area contributed by atoms with Gasteiger partial charge in [0.05, 0.1) is 5.92 Å². The normalized spacial score (nSPS) is 38.1. The first-order valence-electron chi connectivity index (χ1n) is 6.76. The summed E-state index contributed by atoms with van der Waals surface area (Å²) in [6.07, 6.45) is 8.44. The molecule has 1 amide bonds. The Kier molecular flexibility index (Phi) is 3.85. The molecule has 16 heavy (non-hydrogen) atoms. The maximum atomic E-state index is 11.7. The largest absolute Gasteiger partial charge is 0.353 e. The predicted octanol–water partition coefficient (Wildman–Crippen LogP) is 1.81. The lowest BCUT2D eigenvalue weighted by atomic mass is 9.83. The SMILES string of the molecule is CCCC1CCC(NC(=O)C2CC2N)CC1. The van der Waals surface area contributed by atoms with E-state index in [9.17, 15) is 4.79 Å². The van der Waals surface area contributed by atoms with Crippen molar-refractivity contribution in [3.05, 3.63) is 0 Å². The molecule has 0 aromatic rings. The Bertz CT molecular complexity index is 246. The molecule has 92 valence electrons. The fourth-order valence-electron chi connectivity index (χ4n) is 2.83. The van der Waals surface area contributed by atoms with Crippen LogP contribution in [0.3, 0.4) is 0 Å². The van der Waals surface area contributed by atoms with Gasteiger partial charge in [-0.05, 0) is 38.0 Å². The van der Waals surface area contributed by atoms with Crippen molar-refractivity contribution >= 4 is 5.91 Å². The van der Waals surface area contributed by atoms with E-state index in [-0.39, 0.29) is 17.9 Å². The van der Waals surface area contributed by atoms with E-state index in [0.29, 0.717) is 6.04 Å². The van der Waals surface area contributed by atoms with Gasteiger partial charge in [-0.3, -0.25) is 4.79 Å². The van der Waals surface area contributed by atoms with Crippen molar-refractivity contribution in [1.82, 2.24) is 5.32 Å². The molecule has 0 radical (unpaired) electrons. The summed E-state index contributed by atoms with van der Waals surface area (Å²) >= 11 is 0. The Labute approximate surface area is 98.2 Å². The number of carbonyl (C=O) groups is 1. The molecule has 2 unspecified atom stereocenters. The van der Waals surface area contributed by atoms with Gasteiger partial charge in [-0.1, -0.05) is 19.8 Å². The monoisotopic (exact) mass is 224 g/mol. The van der Waals surface area contributed by atoms with Crippen LogP contribution < -0.4 is 11.1 Å². The standard InChI is InChI=1S/C13H24N2O/c1-2-3-9-4-6-10(7-5-9)15-13(16)11-8-12(11)14/h9-12H,2-8,14H2,1H3,(H,15,16). The van der Waals surface area contributed by atoms with Gasteiger partial charge < -0.3 is 11.1 Å². The summed E-state index contributed by atoms with van der Waals surface area (Å²) < 4.78 is 0. The van der Waals surface area contributed by atoms with E-state index in [2.05, 4.69) is 12.2 Å². The second kappa shape index (κ2) is 5.17. The molecule has 2 atom stereocenters. The van der Waals surface area contributed by atoms with E-state index >= 15 is 0 Å². The van der Waals surface area contributed by atoms with Crippen LogP contribution in [0.1, 0.15) is 51.9 Å². The van der Waals surface area contributed by atoms with Crippen LogP contribution in [0.5, 0.6) is 0 Å². The zero-order valence-electron chi connectivity index (χ0n) is 10.2. The van der Waals surface area contributed by atoms with E-state index in [1.165, 1.54) is 38.5 Å². The van der Waals surface area contributed by atoms with Crippen LogP contribution in [0, 0.1) is 11.8 Å². The fraction of sp³-hybridized carbons (Fsp3) is 0.923. The molecule has 2 aliphatic carbocycles. The van der Waals surface area contributed by atoms with Crippen molar-refractivity contribution < 1.29 is 4.79 Å². The number of carbonyl (C=O) groups excluding carboxylic acids is 1. The molecule has 0 heterocycles. The van der Waals surface area contributed by atoms with Crippen molar-refractivity contribution in [3.8, 4) is 0 Å². The van der Waals surface area contributed by atoms with Crippen LogP contribution >= 0.6 is 0 Å². The van der Waals surface area contributed by atoms with Crippen LogP contribution in [0.15, 0.2) is 0 Å². The second-order valence-electron chi connectivity index (χ2n) is 5.52. The lowest BCUT2D eigenvalue weighted by molar-refractivity contribution is -0.123. The number of hydrogen-bond donors (Lipinski definition) is 2. The number of nitrogens with one attached hydrogen (secondary N) is 1. The molecule has 3 heteroatoms. The van der Waals surface area contributed by atoms with Crippen molar-refractivity contribution in [2.24, 2.45) is 17.6 Å². The zero-order valence-corrected chi connectivity index (χ0v) is 10.2. The highest BCUT2D eigenvalue weighted by Gasteiger charge is 2.40. The summed E-state index contributed by atoms with van der Waals surface area (Å²) in [5, 5.41) is 3.15. The number of hydrogen-bond acceptors (Lipinski definition) is 2. The minimum absolute atomic E-state index is 0.119. The minimum atomic E-state index is 0.119. The Balaban J connectivity index is 1.67. The van der Waals surface area contributed by atoms with Crippen LogP contribution in [-0.2, 0) is 4.79 Å². The predicted molar refractivity (Wildman–Crippen MR) is 64.9 cm³/mol. The van der Waals surface area contributed by atoms with Crippen LogP contribution in [0.4, 0.5) is 0 Å². The van der Waals surface area contributed by atoms with Gasteiger partial charge in [-0.25, -0.2) is 0 Å². The smallest absolute Gasteiger partial charge is 0.224 e. The summed E-state index contributed by atoms with van der Waals surface area (Å²) in [6, 6.07) is 0.560. The molecule has 2 aliphatic rings. The fourth-order valence-corrected chi connectivity index (χ4v) is 2.83. The highest BCUT2D eigenvalue weighted by molar-refractivity contribution is 5.82. The van der Waals surface area contributed by atoms with Crippen LogP contribution in [0.25, 0.3) is 0 Å². The van der Waals surface area contributed by atoms with Gasteiger partial charge >= 0.3 is 0 Å². The first kappa shape index (κ1) is 11.9. The van der Waals surface area contributed by atoms with Gasteiger partial charge in [-0.15, -0.1) is 0 Å².